The first-order valence-electron chi connectivity index (χ1n) is 7.67. The van der Waals surface area contributed by atoms with Crippen LogP contribution in [-0.2, 0) is 6.54 Å². The molecule has 0 atom stereocenters. The number of hydrogen-bond donors (Lipinski definition) is 1. The molecule has 0 saturated heterocycles. The molecule has 0 unspecified atom stereocenters. The van der Waals surface area contributed by atoms with Crippen LogP contribution >= 0.6 is 0 Å². The van der Waals surface area contributed by atoms with Crippen molar-refractivity contribution in [2.24, 2.45) is 0 Å². The van der Waals surface area contributed by atoms with Gasteiger partial charge in [-0.2, -0.15) is 0 Å². The number of ether oxygens (including phenoxy) is 1. The number of nitrogens with one attached hydrogen (secondary N) is 1. The molecule has 0 amide bonds. The Balaban J connectivity index is 1.92. The van der Waals surface area contributed by atoms with Crippen LogP contribution in [0.25, 0.3) is 0 Å². The fourth-order valence-corrected chi connectivity index (χ4v) is 2.01. The molecule has 0 heterocycles. The highest BCUT2D eigenvalue weighted by Crippen LogP contribution is 2.21. The van der Waals surface area contributed by atoms with Crippen molar-refractivity contribution in [3.05, 3.63) is 60.2 Å². The second-order valence-corrected chi connectivity index (χ2v) is 6.37. The van der Waals surface area contributed by atoms with Crippen molar-refractivity contribution >= 4 is 0 Å². The van der Waals surface area contributed by atoms with E-state index in [1.54, 1.807) is 0 Å². The average molecular weight is 298 g/mol. The van der Waals surface area contributed by atoms with Gasteiger partial charge in [-0.15, -0.1) is 0 Å². The predicted octanol–water partition coefficient (Wildman–Crippen LogP) is 3.91. The Kier molecular flexibility index (Phi) is 5.58. The third-order valence-corrected chi connectivity index (χ3v) is 3.97. The molecule has 22 heavy (non-hydrogen) atoms. The third kappa shape index (κ3) is 4.86. The van der Waals surface area contributed by atoms with Crippen molar-refractivity contribution in [1.29, 1.82) is 0 Å². The molecular weight excluding hydrogens is 272 g/mol. The summed E-state index contributed by atoms with van der Waals surface area (Å²) in [5, 5.41) is 3.52. The van der Waals surface area contributed by atoms with E-state index in [1.165, 1.54) is 5.56 Å². The van der Waals surface area contributed by atoms with Crippen LogP contribution in [0.4, 0.5) is 0 Å². The van der Waals surface area contributed by atoms with Gasteiger partial charge in [0, 0.05) is 18.6 Å². The van der Waals surface area contributed by atoms with Crippen LogP contribution in [0.3, 0.4) is 0 Å². The molecular formula is C19H26N2O. The van der Waals surface area contributed by atoms with Crippen LogP contribution in [0.1, 0.15) is 19.4 Å². The first-order valence-corrected chi connectivity index (χ1v) is 7.67. The summed E-state index contributed by atoms with van der Waals surface area (Å²) in [6.45, 7) is 6.23. The van der Waals surface area contributed by atoms with Gasteiger partial charge in [0.05, 0.1) is 0 Å². The van der Waals surface area contributed by atoms with Gasteiger partial charge in [0.2, 0.25) is 0 Å². The number of para-hydroxylation sites is 1. The van der Waals surface area contributed by atoms with Gasteiger partial charge >= 0.3 is 0 Å². The minimum absolute atomic E-state index is 0.137. The van der Waals surface area contributed by atoms with E-state index in [0.717, 1.165) is 24.6 Å². The number of rotatable bonds is 7. The maximum atomic E-state index is 5.87. The summed E-state index contributed by atoms with van der Waals surface area (Å²) in [4.78, 5) is 2.23. The highest BCUT2D eigenvalue weighted by atomic mass is 16.5. The van der Waals surface area contributed by atoms with Crippen molar-refractivity contribution in [2.75, 3.05) is 20.6 Å². The van der Waals surface area contributed by atoms with Gasteiger partial charge < -0.3 is 15.0 Å². The molecule has 2 aromatic rings. The molecule has 3 nitrogen and oxygen atoms in total. The fourth-order valence-electron chi connectivity index (χ4n) is 2.01. The van der Waals surface area contributed by atoms with E-state index in [9.17, 15) is 0 Å². The van der Waals surface area contributed by atoms with Crippen LogP contribution in [0.5, 0.6) is 11.5 Å². The second kappa shape index (κ2) is 7.43. The molecule has 2 aromatic carbocycles. The lowest BCUT2D eigenvalue weighted by atomic mass is 10.0. The Labute approximate surface area is 133 Å². The largest absolute Gasteiger partial charge is 0.457 e. The Morgan fingerprint density at radius 2 is 1.64 bits per heavy atom. The first kappa shape index (κ1) is 16.5. The van der Waals surface area contributed by atoms with E-state index in [0.29, 0.717) is 0 Å². The molecule has 3 heteroatoms. The zero-order valence-corrected chi connectivity index (χ0v) is 14.0. The number of nitrogens with zero attached hydrogens (tertiary/aromatic N) is 1. The smallest absolute Gasteiger partial charge is 0.127 e. The van der Waals surface area contributed by atoms with Gasteiger partial charge in [-0.1, -0.05) is 30.3 Å². The Morgan fingerprint density at radius 3 is 2.32 bits per heavy atom. The lowest BCUT2D eigenvalue weighted by molar-refractivity contribution is 0.190. The van der Waals surface area contributed by atoms with Crippen molar-refractivity contribution in [1.82, 2.24) is 10.2 Å². The quantitative estimate of drug-likeness (QED) is 0.839. The van der Waals surface area contributed by atoms with Crippen LogP contribution < -0.4 is 10.1 Å². The second-order valence-electron chi connectivity index (χ2n) is 6.37. The Morgan fingerprint density at radius 1 is 0.955 bits per heavy atom. The van der Waals surface area contributed by atoms with E-state index in [4.69, 9.17) is 4.74 Å². The number of hydrogen-bond acceptors (Lipinski definition) is 3. The summed E-state index contributed by atoms with van der Waals surface area (Å²) in [7, 11) is 4.21. The molecule has 0 aromatic heterocycles. The normalized spacial score (nSPS) is 11.7. The number of benzene rings is 2. The summed E-state index contributed by atoms with van der Waals surface area (Å²) in [5.41, 5.74) is 1.36. The molecule has 0 bridgehead atoms. The van der Waals surface area contributed by atoms with Crippen molar-refractivity contribution in [3.63, 3.8) is 0 Å². The molecule has 0 aliphatic heterocycles. The van der Waals surface area contributed by atoms with Gasteiger partial charge in [0.1, 0.15) is 11.5 Å². The molecule has 0 aliphatic rings. The molecule has 0 radical (unpaired) electrons. The maximum Gasteiger partial charge on any atom is 0.127 e. The predicted molar refractivity (Wildman–Crippen MR) is 92.4 cm³/mol. The molecule has 0 saturated carbocycles. The molecule has 2 rings (SSSR count). The first-order chi connectivity index (χ1) is 10.5. The van der Waals surface area contributed by atoms with Gasteiger partial charge in [-0.25, -0.2) is 0 Å². The highest BCUT2D eigenvalue weighted by Gasteiger charge is 2.19. The molecule has 1 N–H and O–H groups in total. The molecule has 0 aliphatic carbocycles. The lowest BCUT2D eigenvalue weighted by Gasteiger charge is -2.32. The van der Waals surface area contributed by atoms with E-state index in [-0.39, 0.29) is 5.54 Å². The third-order valence-electron chi connectivity index (χ3n) is 3.97. The fraction of sp³-hybridized carbons (Fsp3) is 0.368. The summed E-state index contributed by atoms with van der Waals surface area (Å²) in [6, 6.07) is 18.1. The van der Waals surface area contributed by atoms with Crippen LogP contribution in [-0.4, -0.2) is 31.1 Å². The summed E-state index contributed by atoms with van der Waals surface area (Å²) >= 11 is 0. The van der Waals surface area contributed by atoms with E-state index >= 15 is 0 Å². The van der Waals surface area contributed by atoms with Crippen LogP contribution in [0, 0.1) is 0 Å². The minimum atomic E-state index is 0.137. The van der Waals surface area contributed by atoms with Crippen molar-refractivity contribution < 1.29 is 4.74 Å². The van der Waals surface area contributed by atoms with Crippen molar-refractivity contribution in [2.45, 2.75) is 25.9 Å². The Hall–Kier alpha value is -1.84. The standard InChI is InChI=1S/C19H26N2O/c1-19(2,21(3)4)15-20-14-16-9-8-12-18(13-16)22-17-10-6-5-7-11-17/h5-13,20H,14-15H2,1-4H3. The zero-order chi connectivity index (χ0) is 16.0. The van der Waals surface area contributed by atoms with Crippen LogP contribution in [0.2, 0.25) is 0 Å². The molecule has 0 fully saturated rings. The number of likely N-dealkylation sites (N-methyl/N-ethyl adjacent to an activating group) is 1. The molecule has 0 spiro atoms. The van der Waals surface area contributed by atoms with E-state index in [1.807, 2.05) is 42.5 Å². The van der Waals surface area contributed by atoms with Gasteiger partial charge in [-0.3, -0.25) is 0 Å². The van der Waals surface area contributed by atoms with Gasteiger partial charge in [0.15, 0.2) is 0 Å². The summed E-state index contributed by atoms with van der Waals surface area (Å²) in [5.74, 6) is 1.73. The summed E-state index contributed by atoms with van der Waals surface area (Å²) < 4.78 is 5.87. The topological polar surface area (TPSA) is 24.5 Å². The highest BCUT2D eigenvalue weighted by molar-refractivity contribution is 5.33. The van der Waals surface area contributed by atoms with Crippen LogP contribution in [0.15, 0.2) is 54.6 Å². The SMILES string of the molecule is CN(C)C(C)(C)CNCc1cccc(Oc2ccccc2)c1. The molecule has 118 valence electrons. The minimum Gasteiger partial charge on any atom is -0.457 e. The monoisotopic (exact) mass is 298 g/mol. The Bertz CT molecular complexity index is 579. The summed E-state index contributed by atoms with van der Waals surface area (Å²) in [6.07, 6.45) is 0. The van der Waals surface area contributed by atoms with Crippen molar-refractivity contribution in [3.8, 4) is 11.5 Å². The van der Waals surface area contributed by atoms with E-state index in [2.05, 4.69) is 50.3 Å². The van der Waals surface area contributed by atoms with Gasteiger partial charge in [0.25, 0.3) is 0 Å². The maximum absolute atomic E-state index is 5.87. The zero-order valence-electron chi connectivity index (χ0n) is 14.0. The van der Waals surface area contributed by atoms with E-state index < -0.39 is 0 Å². The average Bonchev–Trinajstić information content (AvgIpc) is 2.48. The lowest BCUT2D eigenvalue weighted by Crippen LogP contribution is -2.46. The van der Waals surface area contributed by atoms with Gasteiger partial charge in [-0.05, 0) is 57.8 Å².